The van der Waals surface area contributed by atoms with Crippen LogP contribution in [0.1, 0.15) is 45.4 Å². The van der Waals surface area contributed by atoms with Crippen molar-refractivity contribution in [1.82, 2.24) is 5.32 Å². The molecule has 3 heteroatoms. The van der Waals surface area contributed by atoms with Crippen molar-refractivity contribution in [3.05, 3.63) is 0 Å². The summed E-state index contributed by atoms with van der Waals surface area (Å²) >= 11 is 0. The van der Waals surface area contributed by atoms with Crippen molar-refractivity contribution in [1.29, 1.82) is 0 Å². The van der Waals surface area contributed by atoms with E-state index in [0.29, 0.717) is 6.04 Å². The van der Waals surface area contributed by atoms with Gasteiger partial charge in [-0.05, 0) is 38.5 Å². The minimum atomic E-state index is -0.488. The highest BCUT2D eigenvalue weighted by Gasteiger charge is 2.44. The van der Waals surface area contributed by atoms with Crippen molar-refractivity contribution < 1.29 is 9.53 Å². The quantitative estimate of drug-likeness (QED) is 0.753. The van der Waals surface area contributed by atoms with Gasteiger partial charge in [-0.3, -0.25) is 4.79 Å². The minimum absolute atomic E-state index is 0.101. The zero-order valence-electron chi connectivity index (χ0n) is 9.71. The van der Waals surface area contributed by atoms with Crippen LogP contribution in [-0.2, 0) is 9.53 Å². The molecule has 0 aromatic rings. The van der Waals surface area contributed by atoms with Gasteiger partial charge in [0, 0.05) is 13.2 Å². The fourth-order valence-corrected chi connectivity index (χ4v) is 2.29. The summed E-state index contributed by atoms with van der Waals surface area (Å²) in [6.07, 6.45) is 6.69. The number of amides is 1. The molecule has 1 atom stereocenters. The monoisotopic (exact) mass is 211 g/mol. The zero-order valence-corrected chi connectivity index (χ0v) is 9.71. The number of ether oxygens (including phenoxy) is 1. The van der Waals surface area contributed by atoms with Crippen LogP contribution in [0.3, 0.4) is 0 Å². The van der Waals surface area contributed by atoms with Gasteiger partial charge in [0.05, 0.1) is 0 Å². The topological polar surface area (TPSA) is 38.3 Å². The maximum absolute atomic E-state index is 12.0. The van der Waals surface area contributed by atoms with Crippen LogP contribution in [0.2, 0.25) is 0 Å². The predicted octanol–water partition coefficient (Wildman–Crippen LogP) is 1.86. The lowest BCUT2D eigenvalue weighted by Gasteiger charge is -2.39. The second kappa shape index (κ2) is 4.12. The summed E-state index contributed by atoms with van der Waals surface area (Å²) in [6.45, 7) is 2.10. The van der Waals surface area contributed by atoms with Gasteiger partial charge in [-0.25, -0.2) is 0 Å². The largest absolute Gasteiger partial charge is 0.368 e. The van der Waals surface area contributed by atoms with Crippen LogP contribution in [0, 0.1) is 5.92 Å². The summed E-state index contributed by atoms with van der Waals surface area (Å²) in [4.78, 5) is 12.0. The van der Waals surface area contributed by atoms with Crippen LogP contribution >= 0.6 is 0 Å². The van der Waals surface area contributed by atoms with Crippen LogP contribution in [0.4, 0.5) is 0 Å². The summed E-state index contributed by atoms with van der Waals surface area (Å²) in [5, 5.41) is 3.08. The normalized spacial score (nSPS) is 25.5. The number of methoxy groups -OCH3 is 1. The Kier molecular flexibility index (Phi) is 3.01. The average molecular weight is 211 g/mol. The van der Waals surface area contributed by atoms with Crippen LogP contribution in [0.25, 0.3) is 0 Å². The standard InChI is InChI=1S/C12H21NO2/c1-9(8-10-4-5-10)13-11(14)12(15-2)6-3-7-12/h9-10H,3-8H2,1-2H3,(H,13,14). The molecule has 0 aliphatic heterocycles. The van der Waals surface area contributed by atoms with E-state index in [2.05, 4.69) is 12.2 Å². The molecule has 0 spiro atoms. The maximum atomic E-state index is 12.0. The van der Waals surface area contributed by atoms with Crippen LogP contribution in [0.15, 0.2) is 0 Å². The van der Waals surface area contributed by atoms with Crippen molar-refractivity contribution in [2.75, 3.05) is 7.11 Å². The van der Waals surface area contributed by atoms with E-state index in [0.717, 1.165) is 31.6 Å². The third-order valence-corrected chi connectivity index (χ3v) is 3.73. The highest BCUT2D eigenvalue weighted by molar-refractivity contribution is 5.86. The molecular formula is C12H21NO2. The van der Waals surface area contributed by atoms with Gasteiger partial charge in [-0.15, -0.1) is 0 Å². The van der Waals surface area contributed by atoms with Gasteiger partial charge >= 0.3 is 0 Å². The number of nitrogens with one attached hydrogen (secondary N) is 1. The molecule has 0 heterocycles. The first-order valence-corrected chi connectivity index (χ1v) is 6.02. The molecule has 2 aliphatic rings. The van der Waals surface area contributed by atoms with Crippen LogP contribution < -0.4 is 5.32 Å². The van der Waals surface area contributed by atoms with Gasteiger partial charge in [0.2, 0.25) is 0 Å². The summed E-state index contributed by atoms with van der Waals surface area (Å²) in [5.74, 6) is 0.963. The Labute approximate surface area is 91.6 Å². The third-order valence-electron chi connectivity index (χ3n) is 3.73. The molecule has 0 saturated heterocycles. The second-order valence-corrected chi connectivity index (χ2v) is 5.11. The van der Waals surface area contributed by atoms with Crippen molar-refractivity contribution in [2.45, 2.75) is 57.1 Å². The molecule has 1 amide bonds. The predicted molar refractivity (Wildman–Crippen MR) is 58.5 cm³/mol. The molecule has 2 rings (SSSR count). The van der Waals surface area contributed by atoms with E-state index in [1.807, 2.05) is 0 Å². The molecule has 0 aromatic carbocycles. The molecule has 1 N–H and O–H groups in total. The molecule has 2 fully saturated rings. The zero-order chi connectivity index (χ0) is 10.9. The van der Waals surface area contributed by atoms with E-state index in [1.165, 1.54) is 12.8 Å². The summed E-state index contributed by atoms with van der Waals surface area (Å²) in [5.41, 5.74) is -0.488. The first kappa shape index (κ1) is 10.9. The number of hydrogen-bond donors (Lipinski definition) is 1. The smallest absolute Gasteiger partial charge is 0.252 e. The highest BCUT2D eigenvalue weighted by atomic mass is 16.5. The van der Waals surface area contributed by atoms with Crippen molar-refractivity contribution in [3.8, 4) is 0 Å². The van der Waals surface area contributed by atoms with Crippen molar-refractivity contribution in [3.63, 3.8) is 0 Å². The fraction of sp³-hybridized carbons (Fsp3) is 0.917. The first-order valence-electron chi connectivity index (χ1n) is 6.02. The molecule has 0 bridgehead atoms. The number of hydrogen-bond acceptors (Lipinski definition) is 2. The Morgan fingerprint density at radius 1 is 1.53 bits per heavy atom. The molecule has 3 nitrogen and oxygen atoms in total. The van der Waals surface area contributed by atoms with Gasteiger partial charge in [-0.2, -0.15) is 0 Å². The summed E-state index contributed by atoms with van der Waals surface area (Å²) in [7, 11) is 1.64. The Balaban J connectivity index is 1.79. The van der Waals surface area contributed by atoms with Crippen LogP contribution in [0.5, 0.6) is 0 Å². The first-order chi connectivity index (χ1) is 7.16. The second-order valence-electron chi connectivity index (χ2n) is 5.11. The van der Waals surface area contributed by atoms with E-state index in [9.17, 15) is 4.79 Å². The van der Waals surface area contributed by atoms with Gasteiger partial charge in [-0.1, -0.05) is 12.8 Å². The molecule has 1 unspecified atom stereocenters. The Hall–Kier alpha value is -0.570. The number of carbonyl (C=O) groups excluding carboxylic acids is 1. The van der Waals surface area contributed by atoms with E-state index >= 15 is 0 Å². The van der Waals surface area contributed by atoms with Gasteiger partial charge in [0.1, 0.15) is 5.60 Å². The van der Waals surface area contributed by atoms with Gasteiger partial charge < -0.3 is 10.1 Å². The lowest BCUT2D eigenvalue weighted by Crippen LogP contribution is -2.55. The maximum Gasteiger partial charge on any atom is 0.252 e. The third kappa shape index (κ3) is 2.33. The summed E-state index contributed by atoms with van der Waals surface area (Å²) < 4.78 is 5.35. The molecule has 86 valence electrons. The van der Waals surface area contributed by atoms with Gasteiger partial charge in [0.15, 0.2) is 0 Å². The van der Waals surface area contributed by atoms with Crippen molar-refractivity contribution in [2.24, 2.45) is 5.92 Å². The number of carbonyl (C=O) groups is 1. The Bertz CT molecular complexity index is 238. The average Bonchev–Trinajstić information content (AvgIpc) is 2.86. The lowest BCUT2D eigenvalue weighted by molar-refractivity contribution is -0.155. The Morgan fingerprint density at radius 2 is 2.20 bits per heavy atom. The van der Waals surface area contributed by atoms with E-state index in [4.69, 9.17) is 4.74 Å². The Morgan fingerprint density at radius 3 is 2.60 bits per heavy atom. The van der Waals surface area contributed by atoms with Crippen molar-refractivity contribution >= 4 is 5.91 Å². The lowest BCUT2D eigenvalue weighted by atomic mass is 9.79. The van der Waals surface area contributed by atoms with Gasteiger partial charge in [0.25, 0.3) is 5.91 Å². The van der Waals surface area contributed by atoms with E-state index < -0.39 is 5.60 Å². The molecule has 0 aromatic heterocycles. The minimum Gasteiger partial charge on any atom is -0.368 e. The number of rotatable bonds is 5. The highest BCUT2D eigenvalue weighted by Crippen LogP contribution is 2.36. The molecule has 15 heavy (non-hydrogen) atoms. The summed E-state index contributed by atoms with van der Waals surface area (Å²) in [6, 6.07) is 0.303. The SMILES string of the molecule is COC1(C(=O)NC(C)CC2CC2)CCC1. The van der Waals surface area contributed by atoms with E-state index in [1.54, 1.807) is 7.11 Å². The molecule has 2 saturated carbocycles. The fourth-order valence-electron chi connectivity index (χ4n) is 2.29. The molecule has 2 aliphatic carbocycles. The van der Waals surface area contributed by atoms with Crippen LogP contribution in [-0.4, -0.2) is 24.7 Å². The van der Waals surface area contributed by atoms with E-state index in [-0.39, 0.29) is 5.91 Å². The molecular weight excluding hydrogens is 190 g/mol. The molecule has 0 radical (unpaired) electrons.